The van der Waals surface area contributed by atoms with Crippen molar-refractivity contribution in [3.8, 4) is 0 Å². The number of aliphatic hydroxyl groups is 1. The van der Waals surface area contributed by atoms with Crippen molar-refractivity contribution in [2.75, 3.05) is 6.61 Å². The first-order chi connectivity index (χ1) is 17.3. The molecule has 3 fully saturated rings. The van der Waals surface area contributed by atoms with Crippen LogP contribution in [-0.2, 0) is 24.0 Å². The molecule has 0 aromatic carbocycles. The molecule has 2 amide bonds. The Morgan fingerprint density at radius 2 is 1.84 bits per heavy atom. The number of fused-ring (bicyclic) bond motifs is 5. The van der Waals surface area contributed by atoms with Gasteiger partial charge in [0, 0.05) is 5.41 Å². The highest BCUT2D eigenvalue weighted by atomic mass is 16.6. The molecule has 0 bridgehead atoms. The molecule has 7 atom stereocenters. The van der Waals surface area contributed by atoms with Crippen molar-refractivity contribution in [1.82, 2.24) is 5.32 Å². The number of oxime groups is 1. The van der Waals surface area contributed by atoms with Crippen LogP contribution >= 0.6 is 0 Å². The predicted octanol–water partition coefficient (Wildman–Crippen LogP) is 2.09. The summed E-state index contributed by atoms with van der Waals surface area (Å²) in [7, 11) is 0. The molecule has 4 aliphatic rings. The maximum Gasteiger partial charge on any atom is 0.326 e. The molecule has 0 aliphatic heterocycles. The van der Waals surface area contributed by atoms with Crippen LogP contribution in [0.4, 0.5) is 0 Å². The van der Waals surface area contributed by atoms with Gasteiger partial charge < -0.3 is 26.1 Å². The largest absolute Gasteiger partial charge is 0.480 e. The lowest BCUT2D eigenvalue weighted by atomic mass is 9.46. The second-order valence-corrected chi connectivity index (χ2v) is 11.9. The molecule has 0 radical (unpaired) electrons. The number of nitrogens with two attached hydrogens (primary N) is 1. The zero-order chi connectivity index (χ0) is 27.2. The molecular weight excluding hydrogens is 478 g/mol. The van der Waals surface area contributed by atoms with Gasteiger partial charge in [-0.1, -0.05) is 24.6 Å². The molecule has 0 spiro atoms. The number of hydrogen-bond acceptors (Lipinski definition) is 7. The molecule has 10 heteroatoms. The number of allylic oxidation sites excluding steroid dienone is 2. The maximum atomic E-state index is 12.4. The number of ketones is 1. The lowest BCUT2D eigenvalue weighted by molar-refractivity contribution is -0.159. The van der Waals surface area contributed by atoms with E-state index >= 15 is 0 Å². The number of carbonyl (C=O) groups is 4. The standard InChI is InChI=1S/C27H39N3O7/c1-15(31)27(36)11-8-20-18-5-4-16-12-17(6-9-25(16,2)19(18)7-10-26(20,27)3)30-37-14-23(33)29-21(24(34)35)13-22(28)32/h12,18-21,36H,4-11,13-14H2,1-3H3,(H2,28,32)(H,29,33)(H,34,35)/b30-17-/t18-,19+,20+,21-,25+,26+,27-/m1/s1. The molecule has 0 heterocycles. The molecule has 4 rings (SSSR count). The summed E-state index contributed by atoms with van der Waals surface area (Å²) in [5, 5.41) is 26.8. The third-order valence-corrected chi connectivity index (χ3v) is 10.1. The van der Waals surface area contributed by atoms with Crippen molar-refractivity contribution in [2.24, 2.45) is 39.5 Å². The van der Waals surface area contributed by atoms with E-state index in [-0.39, 0.29) is 16.6 Å². The summed E-state index contributed by atoms with van der Waals surface area (Å²) in [6, 6.07) is -1.40. The number of rotatable bonds is 8. The highest BCUT2D eigenvalue weighted by Crippen LogP contribution is 2.67. The molecule has 0 unspecified atom stereocenters. The summed E-state index contributed by atoms with van der Waals surface area (Å²) in [5.41, 5.74) is 5.58. The quantitative estimate of drug-likeness (QED) is 0.357. The van der Waals surface area contributed by atoms with Crippen LogP contribution in [0.1, 0.15) is 78.6 Å². The van der Waals surface area contributed by atoms with Crippen molar-refractivity contribution >= 4 is 29.3 Å². The van der Waals surface area contributed by atoms with Crippen molar-refractivity contribution in [2.45, 2.75) is 90.2 Å². The fraction of sp³-hybridized carbons (Fsp3) is 0.741. The van der Waals surface area contributed by atoms with Crippen molar-refractivity contribution in [3.05, 3.63) is 11.6 Å². The van der Waals surface area contributed by atoms with Gasteiger partial charge in [0.1, 0.15) is 11.6 Å². The Kier molecular flexibility index (Phi) is 7.27. The molecule has 3 saturated carbocycles. The zero-order valence-corrected chi connectivity index (χ0v) is 21.9. The van der Waals surface area contributed by atoms with E-state index in [1.54, 1.807) is 0 Å². The molecule has 0 saturated heterocycles. The highest BCUT2D eigenvalue weighted by molar-refractivity contribution is 5.96. The van der Waals surface area contributed by atoms with Gasteiger partial charge in [-0.05, 0) is 87.5 Å². The van der Waals surface area contributed by atoms with E-state index in [1.165, 1.54) is 12.5 Å². The Morgan fingerprint density at radius 1 is 1.14 bits per heavy atom. The van der Waals surface area contributed by atoms with Crippen LogP contribution in [0.25, 0.3) is 0 Å². The van der Waals surface area contributed by atoms with E-state index in [0.717, 1.165) is 44.2 Å². The van der Waals surface area contributed by atoms with Gasteiger partial charge in [-0.25, -0.2) is 4.79 Å². The normalized spacial score (nSPS) is 38.4. The van der Waals surface area contributed by atoms with Gasteiger partial charge >= 0.3 is 5.97 Å². The number of Topliss-reactive ketones (excluding diaryl/α,β-unsaturated/α-hetero) is 1. The summed E-state index contributed by atoms with van der Waals surface area (Å²) >= 11 is 0. The number of carboxylic acids is 1. The van der Waals surface area contributed by atoms with E-state index in [0.29, 0.717) is 30.6 Å². The third-order valence-electron chi connectivity index (χ3n) is 10.1. The van der Waals surface area contributed by atoms with E-state index in [4.69, 9.17) is 15.7 Å². The van der Waals surface area contributed by atoms with Crippen molar-refractivity contribution in [1.29, 1.82) is 0 Å². The van der Waals surface area contributed by atoms with Crippen LogP contribution in [0, 0.1) is 28.6 Å². The van der Waals surface area contributed by atoms with Crippen LogP contribution in [0.5, 0.6) is 0 Å². The summed E-state index contributed by atoms with van der Waals surface area (Å²) in [5.74, 6) is -1.65. The summed E-state index contributed by atoms with van der Waals surface area (Å²) < 4.78 is 0. The van der Waals surface area contributed by atoms with Crippen LogP contribution < -0.4 is 11.1 Å². The average Bonchev–Trinajstić information content (AvgIpc) is 3.10. The number of carbonyl (C=O) groups excluding carboxylic acids is 3. The molecule has 204 valence electrons. The molecule has 10 nitrogen and oxygen atoms in total. The maximum absolute atomic E-state index is 12.4. The first-order valence-corrected chi connectivity index (χ1v) is 13.3. The minimum absolute atomic E-state index is 0.0288. The van der Waals surface area contributed by atoms with Gasteiger partial charge in [0.05, 0.1) is 12.1 Å². The number of nitrogens with one attached hydrogen (secondary N) is 1. The molecule has 0 aromatic heterocycles. The Balaban J connectivity index is 1.40. The van der Waals surface area contributed by atoms with Crippen LogP contribution in [0.2, 0.25) is 0 Å². The van der Waals surface area contributed by atoms with Crippen LogP contribution in [0.3, 0.4) is 0 Å². The van der Waals surface area contributed by atoms with Gasteiger partial charge in [-0.3, -0.25) is 14.4 Å². The Morgan fingerprint density at radius 3 is 2.49 bits per heavy atom. The first-order valence-electron chi connectivity index (χ1n) is 13.3. The summed E-state index contributed by atoms with van der Waals surface area (Å²) in [4.78, 5) is 51.8. The lowest BCUT2D eigenvalue weighted by Gasteiger charge is -2.59. The van der Waals surface area contributed by atoms with E-state index in [1.807, 2.05) is 0 Å². The Bertz CT molecular complexity index is 1050. The molecular formula is C27H39N3O7. The lowest BCUT2D eigenvalue weighted by Crippen LogP contribution is -2.57. The van der Waals surface area contributed by atoms with Gasteiger partial charge in [-0.2, -0.15) is 0 Å². The van der Waals surface area contributed by atoms with Gasteiger partial charge in [-0.15, -0.1) is 0 Å². The smallest absolute Gasteiger partial charge is 0.326 e. The number of carboxylic acid groups (broad SMARTS) is 1. The number of amides is 2. The molecule has 37 heavy (non-hydrogen) atoms. The predicted molar refractivity (Wildman–Crippen MR) is 134 cm³/mol. The van der Waals surface area contributed by atoms with Gasteiger partial charge in [0.25, 0.3) is 5.91 Å². The molecule has 0 aromatic rings. The monoisotopic (exact) mass is 517 g/mol. The second kappa shape index (κ2) is 9.85. The first kappa shape index (κ1) is 27.3. The Labute approximate surface area is 217 Å². The SMILES string of the molecule is CC(=O)[C@]1(O)CC[C@H]2[C@@H]3CCC4=C/C(=N\OCC(=O)N[C@H](CC(N)=O)C(=O)O)CC[C@]4(C)[C@H]3CC[C@@]21C. The average molecular weight is 518 g/mol. The summed E-state index contributed by atoms with van der Waals surface area (Å²) in [6.45, 7) is 5.53. The number of hydrogen-bond donors (Lipinski definition) is 4. The minimum atomic E-state index is -1.40. The molecule has 4 aliphatic carbocycles. The fourth-order valence-corrected chi connectivity index (χ4v) is 8.05. The highest BCUT2D eigenvalue weighted by Gasteiger charge is 2.65. The topological polar surface area (TPSA) is 168 Å². The fourth-order valence-electron chi connectivity index (χ4n) is 8.05. The van der Waals surface area contributed by atoms with Crippen molar-refractivity contribution < 1.29 is 34.2 Å². The van der Waals surface area contributed by atoms with Gasteiger partial charge in [0.15, 0.2) is 12.4 Å². The Hall–Kier alpha value is -2.75. The van der Waals surface area contributed by atoms with Crippen LogP contribution in [-0.4, -0.2) is 57.7 Å². The van der Waals surface area contributed by atoms with Gasteiger partial charge in [0.2, 0.25) is 5.91 Å². The summed E-state index contributed by atoms with van der Waals surface area (Å²) in [6.07, 6.45) is 8.43. The van der Waals surface area contributed by atoms with Crippen LogP contribution in [0.15, 0.2) is 16.8 Å². The minimum Gasteiger partial charge on any atom is -0.480 e. The van der Waals surface area contributed by atoms with Crippen molar-refractivity contribution in [3.63, 3.8) is 0 Å². The number of aliphatic carboxylic acids is 1. The van der Waals surface area contributed by atoms with E-state index in [2.05, 4.69) is 30.4 Å². The number of nitrogens with zero attached hydrogens (tertiary/aromatic N) is 1. The second-order valence-electron chi connectivity index (χ2n) is 11.9. The zero-order valence-electron chi connectivity index (χ0n) is 21.9. The van der Waals surface area contributed by atoms with E-state index < -0.39 is 42.5 Å². The molecule has 5 N–H and O–H groups in total. The number of primary amides is 1. The third kappa shape index (κ3) is 4.69. The van der Waals surface area contributed by atoms with E-state index in [9.17, 15) is 24.3 Å².